The van der Waals surface area contributed by atoms with E-state index in [2.05, 4.69) is 15.0 Å². The first-order valence-electron chi connectivity index (χ1n) is 8.90. The van der Waals surface area contributed by atoms with E-state index in [4.69, 9.17) is 4.74 Å². The van der Waals surface area contributed by atoms with Crippen molar-refractivity contribution in [2.45, 2.75) is 44.9 Å². The number of amides is 1. The summed E-state index contributed by atoms with van der Waals surface area (Å²) in [6.07, 6.45) is 6.47. The number of hydrogen-bond acceptors (Lipinski definition) is 6. The van der Waals surface area contributed by atoms with Crippen molar-refractivity contribution in [1.29, 1.82) is 0 Å². The van der Waals surface area contributed by atoms with Gasteiger partial charge in [0.15, 0.2) is 0 Å². The molecule has 2 aliphatic rings. The second kappa shape index (κ2) is 6.68. The molecule has 1 fully saturated rings. The van der Waals surface area contributed by atoms with Crippen LogP contribution in [0.1, 0.15) is 29.9 Å². The first-order chi connectivity index (χ1) is 12.5. The molecular weight excluding hydrogens is 334 g/mol. The third-order valence-electron chi connectivity index (χ3n) is 5.24. The smallest absolute Gasteiger partial charge is 0.232 e. The third kappa shape index (κ3) is 3.16. The summed E-state index contributed by atoms with van der Waals surface area (Å²) in [5.41, 5.74) is 2.86. The van der Waals surface area contributed by atoms with Crippen LogP contribution in [0.3, 0.4) is 0 Å². The Morgan fingerprint density at radius 2 is 2.19 bits per heavy atom. The number of nitrogens with zero attached hydrogens (tertiary/aromatic N) is 5. The molecule has 4 rings (SSSR count). The minimum absolute atomic E-state index is 0.0792. The van der Waals surface area contributed by atoms with E-state index in [-0.39, 0.29) is 24.0 Å². The molecule has 8 heteroatoms. The number of aryl methyl sites for hydroxylation is 2. The van der Waals surface area contributed by atoms with Gasteiger partial charge in [0.25, 0.3) is 0 Å². The quantitative estimate of drug-likeness (QED) is 0.862. The molecule has 26 heavy (non-hydrogen) atoms. The van der Waals surface area contributed by atoms with Crippen LogP contribution < -0.4 is 4.74 Å². The molecule has 3 heterocycles. The Balaban J connectivity index is 1.52. The number of carbonyl (C=O) groups is 1. The zero-order valence-electron chi connectivity index (χ0n) is 15.0. The summed E-state index contributed by atoms with van der Waals surface area (Å²) in [7, 11) is 1.97. The lowest BCUT2D eigenvalue weighted by atomic mass is 9.81. The molecule has 1 unspecified atom stereocenters. The molecule has 0 bridgehead atoms. The van der Waals surface area contributed by atoms with Gasteiger partial charge in [-0.1, -0.05) is 0 Å². The van der Waals surface area contributed by atoms with Gasteiger partial charge >= 0.3 is 0 Å². The SMILES string of the molecule is Cc1cncc(OCC2Cc3c(ncn3C)CN2C(=O)C2CC(O)C2)n1. The Bertz CT molecular complexity index is 815. The zero-order chi connectivity index (χ0) is 18.3. The average Bonchev–Trinajstić information content (AvgIpc) is 2.96. The van der Waals surface area contributed by atoms with Crippen molar-refractivity contribution in [3.8, 4) is 5.88 Å². The minimum atomic E-state index is -0.351. The molecule has 1 amide bonds. The van der Waals surface area contributed by atoms with E-state index in [0.717, 1.165) is 17.1 Å². The van der Waals surface area contributed by atoms with Gasteiger partial charge in [0.1, 0.15) is 6.61 Å². The fourth-order valence-electron chi connectivity index (χ4n) is 3.64. The van der Waals surface area contributed by atoms with E-state index in [1.807, 2.05) is 23.4 Å². The fourth-order valence-corrected chi connectivity index (χ4v) is 3.64. The first kappa shape index (κ1) is 17.0. The first-order valence-corrected chi connectivity index (χ1v) is 8.90. The fraction of sp³-hybridized carbons (Fsp3) is 0.556. The standard InChI is InChI=1S/C18H23N5O3/c1-11-6-19-7-17(21-11)26-9-13-5-16-15(20-10-22(16)2)8-23(13)18(25)12-3-14(24)4-12/h6-7,10,12-14,24H,3-5,8-9H2,1-2H3. The lowest BCUT2D eigenvalue weighted by Crippen LogP contribution is -2.52. The van der Waals surface area contributed by atoms with Crippen LogP contribution in [-0.2, 0) is 24.8 Å². The highest BCUT2D eigenvalue weighted by Gasteiger charge is 2.40. The molecular formula is C18H23N5O3. The van der Waals surface area contributed by atoms with Crippen LogP contribution in [0, 0.1) is 12.8 Å². The molecule has 0 spiro atoms. The van der Waals surface area contributed by atoms with Gasteiger partial charge in [-0.25, -0.2) is 9.97 Å². The number of fused-ring (bicyclic) bond motifs is 1. The van der Waals surface area contributed by atoms with Crippen molar-refractivity contribution in [1.82, 2.24) is 24.4 Å². The van der Waals surface area contributed by atoms with E-state index in [9.17, 15) is 9.90 Å². The normalized spacial score (nSPS) is 24.7. The highest BCUT2D eigenvalue weighted by Crippen LogP contribution is 2.32. The van der Waals surface area contributed by atoms with Crippen LogP contribution in [0.25, 0.3) is 0 Å². The number of imidazole rings is 1. The van der Waals surface area contributed by atoms with Gasteiger partial charge in [-0.3, -0.25) is 9.78 Å². The van der Waals surface area contributed by atoms with Crippen LogP contribution in [0.2, 0.25) is 0 Å². The highest BCUT2D eigenvalue weighted by atomic mass is 16.5. The summed E-state index contributed by atoms with van der Waals surface area (Å²) in [5.74, 6) is 0.444. The maximum absolute atomic E-state index is 12.9. The molecule has 2 aromatic rings. The van der Waals surface area contributed by atoms with Crippen LogP contribution in [0.5, 0.6) is 5.88 Å². The molecule has 1 atom stereocenters. The largest absolute Gasteiger partial charge is 0.474 e. The number of aromatic nitrogens is 4. The van der Waals surface area contributed by atoms with Gasteiger partial charge in [0.05, 0.1) is 42.6 Å². The molecule has 1 aliphatic carbocycles. The molecule has 0 aromatic carbocycles. The summed E-state index contributed by atoms with van der Waals surface area (Å²) < 4.78 is 7.85. The number of aliphatic hydroxyl groups is 1. The molecule has 1 aliphatic heterocycles. The predicted molar refractivity (Wildman–Crippen MR) is 92.2 cm³/mol. The van der Waals surface area contributed by atoms with Crippen molar-refractivity contribution < 1.29 is 14.6 Å². The van der Waals surface area contributed by atoms with Crippen molar-refractivity contribution >= 4 is 5.91 Å². The van der Waals surface area contributed by atoms with Gasteiger partial charge in [-0.2, -0.15) is 0 Å². The maximum atomic E-state index is 12.9. The Morgan fingerprint density at radius 3 is 2.92 bits per heavy atom. The van der Waals surface area contributed by atoms with Gasteiger partial charge in [0.2, 0.25) is 11.8 Å². The average molecular weight is 357 g/mol. The molecule has 1 saturated carbocycles. The van der Waals surface area contributed by atoms with E-state index in [1.54, 1.807) is 18.7 Å². The number of ether oxygens (including phenoxy) is 1. The summed E-state index contributed by atoms with van der Waals surface area (Å²) in [6.45, 7) is 2.69. The number of hydrogen-bond donors (Lipinski definition) is 1. The van der Waals surface area contributed by atoms with E-state index in [0.29, 0.717) is 38.3 Å². The third-order valence-corrected chi connectivity index (χ3v) is 5.24. The summed E-state index contributed by atoms with van der Waals surface area (Å²) in [4.78, 5) is 27.6. The Morgan fingerprint density at radius 1 is 1.38 bits per heavy atom. The van der Waals surface area contributed by atoms with Crippen molar-refractivity contribution in [2.24, 2.45) is 13.0 Å². The maximum Gasteiger partial charge on any atom is 0.232 e. The lowest BCUT2D eigenvalue weighted by Gasteiger charge is -2.40. The number of aliphatic hydroxyl groups excluding tert-OH is 1. The highest BCUT2D eigenvalue weighted by molar-refractivity contribution is 5.80. The summed E-state index contributed by atoms with van der Waals surface area (Å²) in [5, 5.41) is 9.54. The molecule has 0 saturated heterocycles. The topological polar surface area (TPSA) is 93.4 Å². The lowest BCUT2D eigenvalue weighted by molar-refractivity contribution is -0.147. The van der Waals surface area contributed by atoms with Crippen LogP contribution >= 0.6 is 0 Å². The monoisotopic (exact) mass is 357 g/mol. The minimum Gasteiger partial charge on any atom is -0.474 e. The van der Waals surface area contributed by atoms with E-state index < -0.39 is 0 Å². The number of carbonyl (C=O) groups excluding carboxylic acids is 1. The van der Waals surface area contributed by atoms with Crippen LogP contribution in [-0.4, -0.2) is 54.2 Å². The summed E-state index contributed by atoms with van der Waals surface area (Å²) >= 11 is 0. The van der Waals surface area contributed by atoms with Crippen LogP contribution in [0.15, 0.2) is 18.7 Å². The summed E-state index contributed by atoms with van der Waals surface area (Å²) in [6, 6.07) is -0.0922. The Hall–Kier alpha value is -2.48. The van der Waals surface area contributed by atoms with E-state index in [1.165, 1.54) is 0 Å². The van der Waals surface area contributed by atoms with Crippen LogP contribution in [0.4, 0.5) is 0 Å². The van der Waals surface area contributed by atoms with Gasteiger partial charge < -0.3 is 19.3 Å². The van der Waals surface area contributed by atoms with Crippen molar-refractivity contribution in [3.63, 3.8) is 0 Å². The van der Waals surface area contributed by atoms with Gasteiger partial charge in [-0.05, 0) is 19.8 Å². The molecule has 8 nitrogen and oxygen atoms in total. The Kier molecular flexibility index (Phi) is 4.36. The second-order valence-electron chi connectivity index (χ2n) is 7.20. The van der Waals surface area contributed by atoms with Crippen molar-refractivity contribution in [2.75, 3.05) is 6.61 Å². The van der Waals surface area contributed by atoms with Gasteiger partial charge in [-0.15, -0.1) is 0 Å². The molecule has 0 radical (unpaired) electrons. The van der Waals surface area contributed by atoms with Crippen molar-refractivity contribution in [3.05, 3.63) is 35.8 Å². The predicted octanol–water partition coefficient (Wildman–Crippen LogP) is 0.622. The molecule has 2 aromatic heterocycles. The van der Waals surface area contributed by atoms with Gasteiger partial charge in [0, 0.05) is 31.3 Å². The second-order valence-corrected chi connectivity index (χ2v) is 7.20. The molecule has 138 valence electrons. The number of rotatable bonds is 4. The van der Waals surface area contributed by atoms with E-state index >= 15 is 0 Å². The Labute approximate surface area is 151 Å². The zero-order valence-corrected chi connectivity index (χ0v) is 15.0. The molecule has 1 N–H and O–H groups in total.